The Kier molecular flexibility index (Phi) is 5.75. The lowest BCUT2D eigenvalue weighted by atomic mass is 9.49. The number of hydrogen-bond donors (Lipinski definition) is 2. The van der Waals surface area contributed by atoms with Gasteiger partial charge in [0, 0.05) is 25.8 Å². The van der Waals surface area contributed by atoms with Crippen LogP contribution < -0.4 is 10.0 Å². The predicted molar refractivity (Wildman–Crippen MR) is 111 cm³/mol. The number of hydrogen-bond acceptors (Lipinski definition) is 4. The summed E-state index contributed by atoms with van der Waals surface area (Å²) in [6, 6.07) is 4.73. The van der Waals surface area contributed by atoms with Crippen molar-refractivity contribution >= 4 is 15.9 Å². The van der Waals surface area contributed by atoms with Crippen molar-refractivity contribution in [2.24, 2.45) is 23.2 Å². The summed E-state index contributed by atoms with van der Waals surface area (Å²) in [6.07, 6.45) is 7.83. The molecule has 4 bridgehead atoms. The Bertz CT molecular complexity index is 846. The second-order valence-electron chi connectivity index (χ2n) is 9.47. The van der Waals surface area contributed by atoms with Gasteiger partial charge in [0.1, 0.15) is 0 Å². The molecule has 0 spiro atoms. The molecule has 6 nitrogen and oxygen atoms in total. The number of carbonyl (C=O) groups excluding carboxylic acids is 1. The summed E-state index contributed by atoms with van der Waals surface area (Å²) >= 11 is 0. The maximum atomic E-state index is 13.0. The van der Waals surface area contributed by atoms with Crippen LogP contribution in [-0.4, -0.2) is 41.1 Å². The molecule has 0 saturated heterocycles. The summed E-state index contributed by atoms with van der Waals surface area (Å²) < 4.78 is 32.4. The van der Waals surface area contributed by atoms with Crippen LogP contribution in [-0.2, 0) is 14.8 Å². The van der Waals surface area contributed by atoms with Crippen molar-refractivity contribution in [3.05, 3.63) is 29.3 Å². The molecule has 0 atom stereocenters. The van der Waals surface area contributed by atoms with E-state index in [0.29, 0.717) is 18.7 Å². The van der Waals surface area contributed by atoms with Crippen LogP contribution in [0.5, 0.6) is 0 Å². The van der Waals surface area contributed by atoms with Crippen molar-refractivity contribution in [1.82, 2.24) is 10.0 Å². The minimum atomic E-state index is -3.67. The van der Waals surface area contributed by atoms with E-state index in [1.54, 1.807) is 12.1 Å². The number of carbonyl (C=O) groups is 1. The van der Waals surface area contributed by atoms with E-state index in [1.807, 2.05) is 6.92 Å². The van der Waals surface area contributed by atoms with Crippen molar-refractivity contribution in [3.63, 3.8) is 0 Å². The van der Waals surface area contributed by atoms with Gasteiger partial charge in [-0.2, -0.15) is 0 Å². The molecule has 160 valence electrons. The number of nitrogens with one attached hydrogen (secondary N) is 2. The molecule has 0 heterocycles. The van der Waals surface area contributed by atoms with Gasteiger partial charge >= 0.3 is 0 Å². The Labute approximate surface area is 173 Å². The standard InChI is InChI=1S/C22H32N2O4S/c1-15-3-4-19(29(26,27)24-5-6-28-2)10-20(15)21(25)23-14-22-11-16-7-17(12-22)9-18(8-16)13-22/h3-4,10,16-18,24H,5-9,11-14H2,1-2H3,(H,23,25). The van der Waals surface area contributed by atoms with E-state index in [2.05, 4.69) is 10.0 Å². The van der Waals surface area contributed by atoms with E-state index in [0.717, 1.165) is 23.3 Å². The first kappa shape index (κ1) is 20.8. The maximum Gasteiger partial charge on any atom is 0.251 e. The smallest absolute Gasteiger partial charge is 0.251 e. The molecule has 4 fully saturated rings. The zero-order chi connectivity index (χ0) is 20.6. The Hall–Kier alpha value is -1.44. The van der Waals surface area contributed by atoms with E-state index >= 15 is 0 Å². The van der Waals surface area contributed by atoms with Gasteiger partial charge in [-0.05, 0) is 86.3 Å². The monoisotopic (exact) mass is 420 g/mol. The van der Waals surface area contributed by atoms with Crippen molar-refractivity contribution in [2.45, 2.75) is 50.3 Å². The van der Waals surface area contributed by atoms with Crippen molar-refractivity contribution in [3.8, 4) is 0 Å². The van der Waals surface area contributed by atoms with Crippen LogP contribution in [0.3, 0.4) is 0 Å². The first-order valence-electron chi connectivity index (χ1n) is 10.7. The van der Waals surface area contributed by atoms with Gasteiger partial charge in [-0.15, -0.1) is 0 Å². The molecule has 0 radical (unpaired) electrons. The normalized spacial score (nSPS) is 30.5. The third kappa shape index (κ3) is 4.37. The lowest BCUT2D eigenvalue weighted by Crippen LogP contribution is -2.51. The Morgan fingerprint density at radius 3 is 2.34 bits per heavy atom. The Morgan fingerprint density at radius 1 is 1.14 bits per heavy atom. The van der Waals surface area contributed by atoms with Gasteiger partial charge < -0.3 is 10.1 Å². The lowest BCUT2D eigenvalue weighted by molar-refractivity contribution is -0.0503. The number of methoxy groups -OCH3 is 1. The highest BCUT2D eigenvalue weighted by Gasteiger charge is 2.50. The summed E-state index contributed by atoms with van der Waals surface area (Å²) in [5, 5.41) is 3.15. The summed E-state index contributed by atoms with van der Waals surface area (Å²) in [6.45, 7) is 3.04. The highest BCUT2D eigenvalue weighted by molar-refractivity contribution is 7.89. The molecule has 1 aromatic rings. The van der Waals surface area contributed by atoms with Gasteiger partial charge in [0.2, 0.25) is 10.0 Å². The molecule has 4 aliphatic carbocycles. The van der Waals surface area contributed by atoms with E-state index in [1.165, 1.54) is 51.7 Å². The van der Waals surface area contributed by atoms with E-state index in [9.17, 15) is 13.2 Å². The number of ether oxygens (including phenoxy) is 1. The first-order chi connectivity index (χ1) is 13.8. The molecular weight excluding hydrogens is 388 g/mol. The molecule has 5 rings (SSSR count). The van der Waals surface area contributed by atoms with Gasteiger partial charge in [-0.1, -0.05) is 6.07 Å². The van der Waals surface area contributed by atoms with Crippen LogP contribution >= 0.6 is 0 Å². The highest BCUT2D eigenvalue weighted by Crippen LogP contribution is 2.59. The maximum absolute atomic E-state index is 13.0. The zero-order valence-corrected chi connectivity index (χ0v) is 18.2. The SMILES string of the molecule is COCCNS(=O)(=O)c1ccc(C)c(C(=O)NCC23CC4CC(CC(C4)C2)C3)c1. The minimum Gasteiger partial charge on any atom is -0.383 e. The molecule has 4 aliphatic rings. The van der Waals surface area contributed by atoms with Crippen molar-refractivity contribution < 1.29 is 17.9 Å². The molecule has 1 amide bonds. The van der Waals surface area contributed by atoms with Crippen LogP contribution in [0.2, 0.25) is 0 Å². The molecule has 4 saturated carbocycles. The summed E-state index contributed by atoms with van der Waals surface area (Å²) in [5.41, 5.74) is 1.47. The van der Waals surface area contributed by atoms with Gasteiger partial charge in [0.05, 0.1) is 11.5 Å². The molecule has 0 aliphatic heterocycles. The number of sulfonamides is 1. The van der Waals surface area contributed by atoms with E-state index < -0.39 is 10.0 Å². The second-order valence-corrected chi connectivity index (χ2v) is 11.2. The largest absolute Gasteiger partial charge is 0.383 e. The van der Waals surface area contributed by atoms with Gasteiger partial charge in [0.25, 0.3) is 5.91 Å². The second kappa shape index (κ2) is 8.00. The number of amides is 1. The number of aryl methyl sites for hydroxylation is 1. The minimum absolute atomic E-state index is 0.110. The molecule has 1 aromatic carbocycles. The third-order valence-corrected chi connectivity index (χ3v) is 8.61. The number of rotatable bonds is 8. The molecule has 7 heteroatoms. The quantitative estimate of drug-likeness (QED) is 0.634. The number of benzene rings is 1. The van der Waals surface area contributed by atoms with Crippen LogP contribution in [0.15, 0.2) is 23.1 Å². The average molecular weight is 421 g/mol. The summed E-state index contributed by atoms with van der Waals surface area (Å²) in [7, 11) is -2.15. The first-order valence-corrected chi connectivity index (χ1v) is 12.2. The van der Waals surface area contributed by atoms with Crippen LogP contribution in [0.25, 0.3) is 0 Å². The Morgan fingerprint density at radius 2 is 1.76 bits per heavy atom. The van der Waals surface area contributed by atoms with E-state index in [4.69, 9.17) is 4.74 Å². The Balaban J connectivity index is 1.45. The molecule has 2 N–H and O–H groups in total. The highest BCUT2D eigenvalue weighted by atomic mass is 32.2. The molecule has 0 unspecified atom stereocenters. The predicted octanol–water partition coefficient (Wildman–Crippen LogP) is 2.87. The van der Waals surface area contributed by atoms with E-state index in [-0.39, 0.29) is 22.8 Å². The van der Waals surface area contributed by atoms with Crippen LogP contribution in [0.4, 0.5) is 0 Å². The van der Waals surface area contributed by atoms with Crippen LogP contribution in [0.1, 0.15) is 54.4 Å². The fourth-order valence-electron chi connectivity index (χ4n) is 6.24. The third-order valence-electron chi connectivity index (χ3n) is 7.15. The van der Waals surface area contributed by atoms with Crippen LogP contribution in [0, 0.1) is 30.1 Å². The van der Waals surface area contributed by atoms with Gasteiger partial charge in [0.15, 0.2) is 0 Å². The molecular formula is C22H32N2O4S. The fraction of sp³-hybridized carbons (Fsp3) is 0.682. The average Bonchev–Trinajstić information content (AvgIpc) is 2.65. The summed E-state index contributed by atoms with van der Waals surface area (Å²) in [4.78, 5) is 13.1. The lowest BCUT2D eigenvalue weighted by Gasteiger charge is -2.56. The molecule has 0 aromatic heterocycles. The summed E-state index contributed by atoms with van der Waals surface area (Å²) in [5.74, 6) is 2.34. The zero-order valence-electron chi connectivity index (χ0n) is 17.4. The van der Waals surface area contributed by atoms with Crippen molar-refractivity contribution in [2.75, 3.05) is 26.8 Å². The molecule has 29 heavy (non-hydrogen) atoms. The van der Waals surface area contributed by atoms with Gasteiger partial charge in [-0.3, -0.25) is 4.79 Å². The van der Waals surface area contributed by atoms with Crippen molar-refractivity contribution in [1.29, 1.82) is 0 Å². The topological polar surface area (TPSA) is 84.5 Å². The van der Waals surface area contributed by atoms with Gasteiger partial charge in [-0.25, -0.2) is 13.1 Å². The fourth-order valence-corrected chi connectivity index (χ4v) is 7.28.